The lowest BCUT2D eigenvalue weighted by Gasteiger charge is -2.18. The lowest BCUT2D eigenvalue weighted by molar-refractivity contribution is 0.103. The van der Waals surface area contributed by atoms with Gasteiger partial charge < -0.3 is 9.30 Å². The van der Waals surface area contributed by atoms with Crippen molar-refractivity contribution in [2.24, 2.45) is 0 Å². The molecule has 3 nitrogen and oxygen atoms in total. The number of carbonyl (C=O) groups is 1. The second-order valence-corrected chi connectivity index (χ2v) is 10.0. The van der Waals surface area contributed by atoms with Gasteiger partial charge in [0.05, 0.1) is 18.3 Å². The van der Waals surface area contributed by atoms with Gasteiger partial charge in [-0.2, -0.15) is 0 Å². The summed E-state index contributed by atoms with van der Waals surface area (Å²) in [5, 5.41) is 3.25. The zero-order valence-corrected chi connectivity index (χ0v) is 22.6. The zero-order valence-electron chi connectivity index (χ0n) is 22.6. The van der Waals surface area contributed by atoms with Crippen LogP contribution in [0.4, 0.5) is 0 Å². The molecule has 0 aliphatic carbocycles. The number of methoxy groups -OCH3 is 1. The van der Waals surface area contributed by atoms with Crippen molar-refractivity contribution in [2.45, 2.75) is 0 Å². The summed E-state index contributed by atoms with van der Waals surface area (Å²) >= 11 is 0. The molecule has 0 unspecified atom stereocenters. The van der Waals surface area contributed by atoms with E-state index in [1.54, 1.807) is 7.11 Å². The Morgan fingerprint density at radius 2 is 1.07 bits per heavy atom. The van der Waals surface area contributed by atoms with Crippen LogP contribution in [0.1, 0.15) is 16.1 Å². The minimum atomic E-state index is -0.0260. The summed E-state index contributed by atoms with van der Waals surface area (Å²) in [5.74, 6) is 0.740. The van der Waals surface area contributed by atoms with Crippen LogP contribution in [-0.2, 0) is 0 Å². The average Bonchev–Trinajstić information content (AvgIpc) is 3.45. The third-order valence-corrected chi connectivity index (χ3v) is 7.70. The number of benzene rings is 6. The molecular weight excluding hydrogens is 502 g/mol. The Hall–Kier alpha value is -5.41. The van der Waals surface area contributed by atoms with Crippen LogP contribution in [0.2, 0.25) is 0 Å². The molecule has 7 aromatic rings. The highest BCUT2D eigenvalue weighted by atomic mass is 16.5. The number of nitrogens with zero attached hydrogens (tertiary/aromatic N) is 1. The number of ether oxygens (including phenoxy) is 1. The van der Waals surface area contributed by atoms with Crippen LogP contribution < -0.4 is 4.74 Å². The van der Waals surface area contributed by atoms with Crippen molar-refractivity contribution >= 4 is 27.5 Å². The van der Waals surface area contributed by atoms with Crippen LogP contribution >= 0.6 is 0 Å². The summed E-state index contributed by atoms with van der Waals surface area (Å²) in [4.78, 5) is 14.2. The van der Waals surface area contributed by atoms with E-state index in [1.807, 2.05) is 66.7 Å². The average molecular weight is 530 g/mol. The van der Waals surface area contributed by atoms with Gasteiger partial charge in [-0.05, 0) is 58.0 Å². The molecule has 0 spiro atoms. The summed E-state index contributed by atoms with van der Waals surface area (Å²) in [6.07, 6.45) is 0. The second kappa shape index (κ2) is 10.3. The summed E-state index contributed by atoms with van der Waals surface area (Å²) in [7, 11) is 1.66. The third kappa shape index (κ3) is 4.19. The Morgan fingerprint density at radius 3 is 1.66 bits per heavy atom. The summed E-state index contributed by atoms with van der Waals surface area (Å²) in [6, 6.07) is 49.0. The minimum Gasteiger partial charge on any atom is -0.497 e. The summed E-state index contributed by atoms with van der Waals surface area (Å²) in [5.41, 5.74) is 7.68. The first-order valence-electron chi connectivity index (χ1n) is 13.7. The van der Waals surface area contributed by atoms with E-state index in [4.69, 9.17) is 4.74 Å². The minimum absolute atomic E-state index is 0.0260. The van der Waals surface area contributed by atoms with Gasteiger partial charge in [0.2, 0.25) is 5.78 Å². The predicted octanol–water partition coefficient (Wildman–Crippen LogP) is 9.36. The largest absolute Gasteiger partial charge is 0.497 e. The molecule has 3 heteroatoms. The first kappa shape index (κ1) is 24.6. The van der Waals surface area contributed by atoms with E-state index in [0.717, 1.165) is 55.4 Å². The predicted molar refractivity (Wildman–Crippen MR) is 168 cm³/mol. The summed E-state index contributed by atoms with van der Waals surface area (Å²) in [6.45, 7) is 0. The van der Waals surface area contributed by atoms with Crippen LogP contribution in [0.3, 0.4) is 0 Å². The molecule has 7 rings (SSSR count). The molecule has 6 aromatic carbocycles. The second-order valence-electron chi connectivity index (χ2n) is 10.0. The van der Waals surface area contributed by atoms with Crippen molar-refractivity contribution in [3.05, 3.63) is 157 Å². The van der Waals surface area contributed by atoms with E-state index in [2.05, 4.69) is 83.4 Å². The highest BCUT2D eigenvalue weighted by molar-refractivity contribution is 6.23. The quantitative estimate of drug-likeness (QED) is 0.201. The van der Waals surface area contributed by atoms with E-state index in [0.29, 0.717) is 11.3 Å². The van der Waals surface area contributed by atoms with Gasteiger partial charge in [0.1, 0.15) is 5.75 Å². The summed E-state index contributed by atoms with van der Waals surface area (Å²) < 4.78 is 7.58. The number of hydrogen-bond acceptors (Lipinski definition) is 2. The maximum Gasteiger partial charge on any atom is 0.209 e. The zero-order chi connectivity index (χ0) is 27.8. The maximum absolute atomic E-state index is 14.2. The highest BCUT2D eigenvalue weighted by Gasteiger charge is 2.25. The number of hydrogen-bond donors (Lipinski definition) is 0. The van der Waals surface area contributed by atoms with Crippen molar-refractivity contribution < 1.29 is 9.53 Å². The number of carbonyl (C=O) groups excluding carboxylic acids is 1. The van der Waals surface area contributed by atoms with E-state index in [9.17, 15) is 4.79 Å². The van der Waals surface area contributed by atoms with Gasteiger partial charge in [0, 0.05) is 22.0 Å². The van der Waals surface area contributed by atoms with E-state index >= 15 is 0 Å². The smallest absolute Gasteiger partial charge is 0.209 e. The van der Waals surface area contributed by atoms with Gasteiger partial charge >= 0.3 is 0 Å². The fourth-order valence-corrected chi connectivity index (χ4v) is 5.86. The van der Waals surface area contributed by atoms with E-state index in [-0.39, 0.29) is 5.78 Å². The molecule has 0 radical (unpaired) electrons. The van der Waals surface area contributed by atoms with Crippen LogP contribution in [0, 0.1) is 0 Å². The number of rotatable bonds is 6. The topological polar surface area (TPSA) is 31.2 Å². The molecule has 0 atom stereocenters. The monoisotopic (exact) mass is 529 g/mol. The van der Waals surface area contributed by atoms with Crippen molar-refractivity contribution in [2.75, 3.05) is 7.11 Å². The molecule has 41 heavy (non-hydrogen) atoms. The third-order valence-electron chi connectivity index (χ3n) is 7.70. The molecule has 0 bridgehead atoms. The van der Waals surface area contributed by atoms with Gasteiger partial charge in [0.15, 0.2) is 0 Å². The van der Waals surface area contributed by atoms with Crippen molar-refractivity contribution in [1.29, 1.82) is 0 Å². The molecule has 0 saturated heterocycles. The normalized spacial score (nSPS) is 11.1. The fourth-order valence-electron chi connectivity index (χ4n) is 5.86. The lowest BCUT2D eigenvalue weighted by Crippen LogP contribution is -2.09. The van der Waals surface area contributed by atoms with Crippen LogP contribution in [0.15, 0.2) is 146 Å². The van der Waals surface area contributed by atoms with Gasteiger partial charge in [-0.25, -0.2) is 0 Å². The molecule has 0 amide bonds. The Labute approximate surface area is 238 Å². The van der Waals surface area contributed by atoms with Crippen LogP contribution in [0.5, 0.6) is 5.75 Å². The first-order valence-corrected chi connectivity index (χ1v) is 13.7. The lowest BCUT2D eigenvalue weighted by atomic mass is 9.87. The number of fused-ring (bicyclic) bond motifs is 3. The van der Waals surface area contributed by atoms with Crippen molar-refractivity contribution in [3.63, 3.8) is 0 Å². The highest BCUT2D eigenvalue weighted by Crippen LogP contribution is 2.46. The number of aromatic nitrogens is 1. The molecule has 0 aliphatic rings. The Bertz CT molecular complexity index is 2010. The molecule has 0 fully saturated rings. The molecule has 0 N–H and O–H groups in total. The van der Waals surface area contributed by atoms with Gasteiger partial charge in [-0.3, -0.25) is 4.79 Å². The Kier molecular flexibility index (Phi) is 6.18. The number of ketones is 1. The van der Waals surface area contributed by atoms with E-state index < -0.39 is 0 Å². The van der Waals surface area contributed by atoms with Crippen molar-refractivity contribution in [3.8, 4) is 33.7 Å². The van der Waals surface area contributed by atoms with Crippen LogP contribution in [0.25, 0.3) is 49.6 Å². The standard InChI is InChI=1S/C38H27NO2/c1-41-30-23-21-29(22-24-30)39-34(38(40)28-17-9-4-10-18-28)25-33-36(27-15-7-3-8-16-27)35(26-13-5-2-6-14-26)31-19-11-12-20-32(31)37(33)39/h2-25H,1H3. The SMILES string of the molecule is COc1ccc(-n2c(C(=O)c3ccccc3)cc3c(-c4ccccc4)c(-c4ccccc4)c4ccccc4c32)cc1. The molecule has 196 valence electrons. The fraction of sp³-hybridized carbons (Fsp3) is 0.0263. The first-order chi connectivity index (χ1) is 20.2. The molecular formula is C38H27NO2. The Morgan fingerprint density at radius 1 is 0.561 bits per heavy atom. The van der Waals surface area contributed by atoms with Crippen molar-refractivity contribution in [1.82, 2.24) is 4.57 Å². The van der Waals surface area contributed by atoms with Gasteiger partial charge in [-0.15, -0.1) is 0 Å². The molecule has 0 saturated carbocycles. The molecule has 0 aliphatic heterocycles. The maximum atomic E-state index is 14.2. The van der Waals surface area contributed by atoms with E-state index in [1.165, 1.54) is 0 Å². The molecule has 1 aromatic heterocycles. The molecule has 1 heterocycles. The van der Waals surface area contributed by atoms with Crippen LogP contribution in [-0.4, -0.2) is 17.5 Å². The Balaban J connectivity index is 1.69. The van der Waals surface area contributed by atoms with Gasteiger partial charge in [0.25, 0.3) is 0 Å². The van der Waals surface area contributed by atoms with Gasteiger partial charge in [-0.1, -0.05) is 115 Å².